The minimum absolute atomic E-state index is 0.0350. The van der Waals surface area contributed by atoms with Crippen molar-refractivity contribution in [1.82, 2.24) is 10.2 Å². The first-order valence-corrected chi connectivity index (χ1v) is 6.03. The number of nitrogens with zero attached hydrogens (tertiary/aromatic N) is 1. The topological polar surface area (TPSA) is 58.6 Å². The number of rotatable bonds is 4. The van der Waals surface area contributed by atoms with E-state index in [9.17, 15) is 9.59 Å². The molecule has 1 fully saturated rings. The van der Waals surface area contributed by atoms with Crippen molar-refractivity contribution in [3.8, 4) is 0 Å². The summed E-state index contributed by atoms with van der Waals surface area (Å²) in [5.41, 5.74) is -0.825. The number of hydrogen-bond donors (Lipinski definition) is 1. The molecule has 0 spiro atoms. The van der Waals surface area contributed by atoms with Gasteiger partial charge in [-0.15, -0.1) is 0 Å². The molecule has 1 N–H and O–H groups in total. The number of amides is 2. The largest absolute Gasteiger partial charge is 0.383 e. The molecule has 0 bridgehead atoms. The van der Waals surface area contributed by atoms with Crippen molar-refractivity contribution < 1.29 is 14.3 Å². The van der Waals surface area contributed by atoms with Crippen molar-refractivity contribution in [2.75, 3.05) is 20.3 Å². The van der Waals surface area contributed by atoms with E-state index in [4.69, 9.17) is 4.74 Å². The molecule has 98 valence electrons. The van der Waals surface area contributed by atoms with Gasteiger partial charge in [0.15, 0.2) is 0 Å². The second-order valence-electron chi connectivity index (χ2n) is 4.94. The minimum Gasteiger partial charge on any atom is -0.383 e. The Hall–Kier alpha value is -1.10. The molecule has 0 aromatic rings. The number of ether oxygens (including phenoxy) is 1. The second-order valence-corrected chi connectivity index (χ2v) is 4.94. The van der Waals surface area contributed by atoms with Crippen LogP contribution < -0.4 is 5.32 Å². The zero-order chi connectivity index (χ0) is 13.1. The monoisotopic (exact) mass is 242 g/mol. The van der Waals surface area contributed by atoms with Gasteiger partial charge in [0.1, 0.15) is 5.54 Å². The van der Waals surface area contributed by atoms with Gasteiger partial charge >= 0.3 is 0 Å². The molecule has 1 aliphatic heterocycles. The molecule has 1 rings (SSSR count). The Morgan fingerprint density at radius 2 is 2.12 bits per heavy atom. The van der Waals surface area contributed by atoms with Crippen LogP contribution >= 0.6 is 0 Å². The van der Waals surface area contributed by atoms with Crippen LogP contribution in [-0.4, -0.2) is 48.6 Å². The van der Waals surface area contributed by atoms with Gasteiger partial charge in [0, 0.05) is 20.1 Å². The van der Waals surface area contributed by atoms with Crippen molar-refractivity contribution in [1.29, 1.82) is 0 Å². The second kappa shape index (κ2) is 5.49. The molecule has 1 heterocycles. The molecule has 17 heavy (non-hydrogen) atoms. The van der Waals surface area contributed by atoms with E-state index in [0.717, 1.165) is 6.42 Å². The Balaban J connectivity index is 2.89. The standard InChI is InChI=1S/C12H22N2O3/c1-5-9(8-17-4)14-7-6-10(15)13-12(2,3)11(14)16/h9H,5-8H2,1-4H3,(H,13,15). The third kappa shape index (κ3) is 3.19. The molecular formula is C12H22N2O3. The highest BCUT2D eigenvalue weighted by atomic mass is 16.5. The maximum Gasteiger partial charge on any atom is 0.248 e. The maximum absolute atomic E-state index is 12.3. The van der Waals surface area contributed by atoms with Crippen LogP contribution in [0.4, 0.5) is 0 Å². The SMILES string of the molecule is CCC(COC)N1CCC(=O)NC(C)(C)C1=O. The summed E-state index contributed by atoms with van der Waals surface area (Å²) in [6, 6.07) is 0.0412. The molecule has 5 heteroatoms. The molecule has 1 atom stereocenters. The van der Waals surface area contributed by atoms with Crippen LogP contribution in [0.25, 0.3) is 0 Å². The average Bonchev–Trinajstić information content (AvgIpc) is 2.35. The van der Waals surface area contributed by atoms with E-state index in [0.29, 0.717) is 19.6 Å². The molecule has 0 aromatic heterocycles. The Morgan fingerprint density at radius 1 is 1.47 bits per heavy atom. The van der Waals surface area contributed by atoms with E-state index in [1.165, 1.54) is 0 Å². The van der Waals surface area contributed by atoms with E-state index in [2.05, 4.69) is 5.32 Å². The van der Waals surface area contributed by atoms with Gasteiger partial charge in [-0.05, 0) is 20.3 Å². The molecule has 0 aromatic carbocycles. The molecule has 0 saturated carbocycles. The zero-order valence-corrected chi connectivity index (χ0v) is 11.1. The average molecular weight is 242 g/mol. The van der Waals surface area contributed by atoms with Crippen molar-refractivity contribution in [3.05, 3.63) is 0 Å². The number of hydrogen-bond acceptors (Lipinski definition) is 3. The molecular weight excluding hydrogens is 220 g/mol. The number of methoxy groups -OCH3 is 1. The molecule has 2 amide bonds. The van der Waals surface area contributed by atoms with Gasteiger partial charge in [0.25, 0.3) is 0 Å². The summed E-state index contributed by atoms with van der Waals surface area (Å²) in [7, 11) is 1.62. The van der Waals surface area contributed by atoms with E-state index in [1.54, 1.807) is 25.9 Å². The van der Waals surface area contributed by atoms with E-state index in [1.807, 2.05) is 6.92 Å². The van der Waals surface area contributed by atoms with Gasteiger partial charge in [-0.1, -0.05) is 6.92 Å². The van der Waals surface area contributed by atoms with E-state index in [-0.39, 0.29) is 17.9 Å². The van der Waals surface area contributed by atoms with Gasteiger partial charge in [-0.25, -0.2) is 0 Å². The zero-order valence-electron chi connectivity index (χ0n) is 11.1. The van der Waals surface area contributed by atoms with Crippen LogP contribution in [-0.2, 0) is 14.3 Å². The number of carbonyl (C=O) groups is 2. The Labute approximate surface area is 102 Å². The first-order chi connectivity index (χ1) is 7.92. The van der Waals surface area contributed by atoms with Crippen LogP contribution in [0.5, 0.6) is 0 Å². The molecule has 5 nitrogen and oxygen atoms in total. The summed E-state index contributed by atoms with van der Waals surface area (Å²) in [4.78, 5) is 25.6. The summed E-state index contributed by atoms with van der Waals surface area (Å²) in [5.74, 6) is -0.106. The molecule has 1 unspecified atom stereocenters. The first-order valence-electron chi connectivity index (χ1n) is 6.03. The lowest BCUT2D eigenvalue weighted by Gasteiger charge is -2.34. The van der Waals surface area contributed by atoms with Gasteiger partial charge in [-0.3, -0.25) is 9.59 Å². The van der Waals surface area contributed by atoms with Gasteiger partial charge in [0.2, 0.25) is 11.8 Å². The predicted molar refractivity (Wildman–Crippen MR) is 64.5 cm³/mol. The Bertz CT molecular complexity index is 302. The smallest absolute Gasteiger partial charge is 0.248 e. The number of nitrogens with one attached hydrogen (secondary N) is 1. The lowest BCUT2D eigenvalue weighted by molar-refractivity contribution is -0.140. The van der Waals surface area contributed by atoms with Crippen LogP contribution in [0.3, 0.4) is 0 Å². The molecule has 0 aliphatic carbocycles. The van der Waals surface area contributed by atoms with Gasteiger partial charge < -0.3 is 15.0 Å². The Morgan fingerprint density at radius 3 is 2.65 bits per heavy atom. The van der Waals surface area contributed by atoms with Crippen LogP contribution in [0.15, 0.2) is 0 Å². The van der Waals surface area contributed by atoms with Gasteiger partial charge in [0.05, 0.1) is 12.6 Å². The molecule has 1 aliphatic rings. The Kier molecular flexibility index (Phi) is 4.51. The summed E-state index contributed by atoms with van der Waals surface area (Å²) >= 11 is 0. The molecule has 0 radical (unpaired) electrons. The van der Waals surface area contributed by atoms with Gasteiger partial charge in [-0.2, -0.15) is 0 Å². The highest BCUT2D eigenvalue weighted by Crippen LogP contribution is 2.17. The fourth-order valence-corrected chi connectivity index (χ4v) is 2.12. The van der Waals surface area contributed by atoms with Crippen molar-refractivity contribution in [2.45, 2.75) is 45.2 Å². The minimum atomic E-state index is -0.825. The third-order valence-electron chi connectivity index (χ3n) is 3.10. The third-order valence-corrected chi connectivity index (χ3v) is 3.10. The summed E-state index contributed by atoms with van der Waals surface area (Å²) in [6.45, 7) is 6.47. The van der Waals surface area contributed by atoms with E-state index >= 15 is 0 Å². The number of carbonyl (C=O) groups excluding carboxylic acids is 2. The first kappa shape index (κ1) is 14.0. The summed E-state index contributed by atoms with van der Waals surface area (Å²) in [6.07, 6.45) is 1.18. The highest BCUT2D eigenvalue weighted by molar-refractivity contribution is 5.93. The van der Waals surface area contributed by atoms with Crippen molar-refractivity contribution >= 4 is 11.8 Å². The normalized spacial score (nSPS) is 22.0. The van der Waals surface area contributed by atoms with Crippen LogP contribution in [0.2, 0.25) is 0 Å². The lowest BCUT2D eigenvalue weighted by atomic mass is 10.0. The lowest BCUT2D eigenvalue weighted by Crippen LogP contribution is -2.55. The van der Waals surface area contributed by atoms with Crippen LogP contribution in [0.1, 0.15) is 33.6 Å². The van der Waals surface area contributed by atoms with E-state index < -0.39 is 5.54 Å². The summed E-state index contributed by atoms with van der Waals surface area (Å²) in [5, 5.41) is 2.75. The van der Waals surface area contributed by atoms with Crippen molar-refractivity contribution in [3.63, 3.8) is 0 Å². The van der Waals surface area contributed by atoms with Crippen molar-refractivity contribution in [2.24, 2.45) is 0 Å². The fourth-order valence-electron chi connectivity index (χ4n) is 2.12. The predicted octanol–water partition coefficient (Wildman–Crippen LogP) is 0.538. The maximum atomic E-state index is 12.3. The summed E-state index contributed by atoms with van der Waals surface area (Å²) < 4.78 is 5.13. The quantitative estimate of drug-likeness (QED) is 0.782. The van der Waals surface area contributed by atoms with Crippen LogP contribution in [0, 0.1) is 0 Å². The highest BCUT2D eigenvalue weighted by Gasteiger charge is 2.38. The fraction of sp³-hybridized carbons (Fsp3) is 0.833. The molecule has 1 saturated heterocycles.